The third-order valence-electron chi connectivity index (χ3n) is 1.74. The van der Waals surface area contributed by atoms with E-state index in [0.29, 0.717) is 6.61 Å². The van der Waals surface area contributed by atoms with Gasteiger partial charge in [-0.05, 0) is 36.2 Å². The molecule has 5 nitrogen and oxygen atoms in total. The monoisotopic (exact) mass is 221 g/mol. The van der Waals surface area contributed by atoms with E-state index in [1.165, 1.54) is 6.21 Å². The first kappa shape index (κ1) is 12.0. The van der Waals surface area contributed by atoms with E-state index in [0.717, 1.165) is 17.7 Å². The van der Waals surface area contributed by atoms with Gasteiger partial charge in [0.1, 0.15) is 5.75 Å². The molecule has 1 rings (SSSR count). The van der Waals surface area contributed by atoms with Crippen LogP contribution in [0.2, 0.25) is 0 Å². The fraction of sp³-hybridized carbons (Fsp3) is 0.273. The van der Waals surface area contributed by atoms with Crippen molar-refractivity contribution in [2.75, 3.05) is 6.61 Å². The molecular weight excluding hydrogens is 206 g/mol. The number of carbonyl (C=O) groups excluding carboxylic acids is 1. The van der Waals surface area contributed by atoms with Gasteiger partial charge in [-0.2, -0.15) is 5.10 Å². The number of urea groups is 1. The number of nitrogens with one attached hydrogen (secondary N) is 1. The van der Waals surface area contributed by atoms with Crippen molar-refractivity contribution in [3.63, 3.8) is 0 Å². The first-order valence-corrected chi connectivity index (χ1v) is 5.03. The molecule has 0 unspecified atom stereocenters. The molecule has 0 fully saturated rings. The van der Waals surface area contributed by atoms with Crippen molar-refractivity contribution >= 4 is 12.2 Å². The lowest BCUT2D eigenvalue weighted by Crippen LogP contribution is -2.24. The number of hydrazone groups is 1. The van der Waals surface area contributed by atoms with Crippen molar-refractivity contribution in [1.29, 1.82) is 0 Å². The van der Waals surface area contributed by atoms with Crippen molar-refractivity contribution in [1.82, 2.24) is 5.43 Å². The zero-order valence-electron chi connectivity index (χ0n) is 9.14. The predicted octanol–water partition coefficient (Wildman–Crippen LogP) is 1.48. The van der Waals surface area contributed by atoms with Gasteiger partial charge in [-0.25, -0.2) is 10.2 Å². The summed E-state index contributed by atoms with van der Waals surface area (Å²) in [5.41, 5.74) is 7.83. The Hall–Kier alpha value is -2.04. The summed E-state index contributed by atoms with van der Waals surface area (Å²) >= 11 is 0. The SMILES string of the molecule is CCCOc1ccc(/C=N\NC(N)=O)cc1. The Morgan fingerprint density at radius 2 is 2.19 bits per heavy atom. The summed E-state index contributed by atoms with van der Waals surface area (Å²) in [6, 6.07) is 6.70. The van der Waals surface area contributed by atoms with Crippen molar-refractivity contribution in [2.45, 2.75) is 13.3 Å². The first-order valence-electron chi connectivity index (χ1n) is 5.03. The number of primary amides is 1. The smallest absolute Gasteiger partial charge is 0.332 e. The molecule has 0 aliphatic rings. The van der Waals surface area contributed by atoms with E-state index in [9.17, 15) is 4.79 Å². The number of nitrogens with two attached hydrogens (primary N) is 1. The van der Waals surface area contributed by atoms with Gasteiger partial charge in [0.05, 0.1) is 12.8 Å². The zero-order chi connectivity index (χ0) is 11.8. The standard InChI is InChI=1S/C11H15N3O2/c1-2-7-16-10-5-3-9(4-6-10)8-13-14-11(12)15/h3-6,8H,2,7H2,1H3,(H3,12,14,15)/b13-8-. The van der Waals surface area contributed by atoms with Gasteiger partial charge < -0.3 is 10.5 Å². The van der Waals surface area contributed by atoms with Gasteiger partial charge in [0.2, 0.25) is 0 Å². The average Bonchev–Trinajstić information content (AvgIpc) is 2.27. The minimum atomic E-state index is -0.681. The number of nitrogens with zero attached hydrogens (tertiary/aromatic N) is 1. The molecule has 1 aromatic rings. The maximum atomic E-state index is 10.3. The van der Waals surface area contributed by atoms with E-state index in [4.69, 9.17) is 10.5 Å². The van der Waals surface area contributed by atoms with Crippen LogP contribution < -0.4 is 15.9 Å². The van der Waals surface area contributed by atoms with E-state index in [1.807, 2.05) is 24.3 Å². The van der Waals surface area contributed by atoms with Crippen LogP contribution in [-0.4, -0.2) is 18.9 Å². The molecule has 2 amide bonds. The second-order valence-electron chi connectivity index (χ2n) is 3.15. The highest BCUT2D eigenvalue weighted by molar-refractivity contribution is 5.81. The summed E-state index contributed by atoms with van der Waals surface area (Å²) in [6.45, 7) is 2.76. The van der Waals surface area contributed by atoms with Gasteiger partial charge in [-0.3, -0.25) is 0 Å². The van der Waals surface area contributed by atoms with Crippen LogP contribution in [-0.2, 0) is 0 Å². The van der Waals surface area contributed by atoms with Crippen molar-refractivity contribution in [2.24, 2.45) is 10.8 Å². The van der Waals surface area contributed by atoms with E-state index in [2.05, 4.69) is 17.5 Å². The topological polar surface area (TPSA) is 76.7 Å². The quantitative estimate of drug-likeness (QED) is 0.583. The van der Waals surface area contributed by atoms with Gasteiger partial charge in [0, 0.05) is 0 Å². The van der Waals surface area contributed by atoms with Gasteiger partial charge in [-0.15, -0.1) is 0 Å². The number of amides is 2. The molecule has 0 aliphatic carbocycles. The minimum Gasteiger partial charge on any atom is -0.494 e. The summed E-state index contributed by atoms with van der Waals surface area (Å²) < 4.78 is 5.42. The lowest BCUT2D eigenvalue weighted by atomic mass is 10.2. The van der Waals surface area contributed by atoms with Gasteiger partial charge >= 0.3 is 6.03 Å². The zero-order valence-corrected chi connectivity index (χ0v) is 9.14. The minimum absolute atomic E-state index is 0.681. The summed E-state index contributed by atoms with van der Waals surface area (Å²) in [6.07, 6.45) is 2.49. The fourth-order valence-corrected chi connectivity index (χ4v) is 1.04. The number of rotatable bonds is 5. The largest absolute Gasteiger partial charge is 0.494 e. The van der Waals surface area contributed by atoms with E-state index < -0.39 is 6.03 Å². The maximum Gasteiger partial charge on any atom is 0.332 e. The number of benzene rings is 1. The van der Waals surface area contributed by atoms with Crippen LogP contribution in [0.1, 0.15) is 18.9 Å². The highest BCUT2D eigenvalue weighted by Crippen LogP contribution is 2.11. The highest BCUT2D eigenvalue weighted by Gasteiger charge is 1.93. The molecule has 3 N–H and O–H groups in total. The lowest BCUT2D eigenvalue weighted by Gasteiger charge is -2.03. The van der Waals surface area contributed by atoms with E-state index in [-0.39, 0.29) is 0 Å². The number of ether oxygens (including phenoxy) is 1. The molecule has 0 heterocycles. The molecule has 5 heteroatoms. The van der Waals surface area contributed by atoms with Crippen LogP contribution in [0.25, 0.3) is 0 Å². The van der Waals surface area contributed by atoms with Crippen LogP contribution in [0, 0.1) is 0 Å². The second kappa shape index (κ2) is 6.44. The average molecular weight is 221 g/mol. The van der Waals surface area contributed by atoms with Crippen molar-refractivity contribution in [3.8, 4) is 5.75 Å². The molecule has 16 heavy (non-hydrogen) atoms. The van der Waals surface area contributed by atoms with Gasteiger partial charge in [-0.1, -0.05) is 6.92 Å². The fourth-order valence-electron chi connectivity index (χ4n) is 1.04. The molecule has 0 radical (unpaired) electrons. The molecule has 0 atom stereocenters. The molecule has 0 bridgehead atoms. The lowest BCUT2D eigenvalue weighted by molar-refractivity contribution is 0.249. The molecule has 86 valence electrons. The third kappa shape index (κ3) is 4.45. The van der Waals surface area contributed by atoms with Crippen LogP contribution >= 0.6 is 0 Å². The van der Waals surface area contributed by atoms with Gasteiger partial charge in [0.25, 0.3) is 0 Å². The van der Waals surface area contributed by atoms with Crippen LogP contribution in [0.4, 0.5) is 4.79 Å². The predicted molar refractivity (Wildman–Crippen MR) is 62.5 cm³/mol. The Balaban J connectivity index is 2.50. The summed E-state index contributed by atoms with van der Waals surface area (Å²) in [5.74, 6) is 0.821. The normalized spacial score (nSPS) is 10.3. The highest BCUT2D eigenvalue weighted by atomic mass is 16.5. The molecule has 1 aromatic carbocycles. The maximum absolute atomic E-state index is 10.3. The molecule has 0 spiro atoms. The Labute approximate surface area is 94.3 Å². The van der Waals surface area contributed by atoms with E-state index in [1.54, 1.807) is 0 Å². The second-order valence-corrected chi connectivity index (χ2v) is 3.15. The number of hydrogen-bond donors (Lipinski definition) is 2. The molecule has 0 saturated heterocycles. The van der Waals surface area contributed by atoms with Crippen LogP contribution in [0.15, 0.2) is 29.4 Å². The Bertz CT molecular complexity index is 360. The third-order valence-corrected chi connectivity index (χ3v) is 1.74. The van der Waals surface area contributed by atoms with Crippen molar-refractivity contribution < 1.29 is 9.53 Å². The summed E-state index contributed by atoms with van der Waals surface area (Å²) in [5, 5.41) is 3.64. The van der Waals surface area contributed by atoms with Crippen LogP contribution in [0.5, 0.6) is 5.75 Å². The molecule has 0 saturated carbocycles. The van der Waals surface area contributed by atoms with Crippen LogP contribution in [0.3, 0.4) is 0 Å². The van der Waals surface area contributed by atoms with Gasteiger partial charge in [0.15, 0.2) is 0 Å². The summed E-state index contributed by atoms with van der Waals surface area (Å²) in [7, 11) is 0. The number of hydrogen-bond acceptors (Lipinski definition) is 3. The van der Waals surface area contributed by atoms with E-state index >= 15 is 0 Å². The number of carbonyl (C=O) groups is 1. The molecule has 0 aliphatic heterocycles. The van der Waals surface area contributed by atoms with Crippen molar-refractivity contribution in [3.05, 3.63) is 29.8 Å². The Kier molecular flexibility index (Phi) is 4.85. The molecular formula is C11H15N3O2. The Morgan fingerprint density at radius 1 is 1.50 bits per heavy atom. The Morgan fingerprint density at radius 3 is 2.75 bits per heavy atom. The first-order chi connectivity index (χ1) is 7.72. The summed E-state index contributed by atoms with van der Waals surface area (Å²) in [4.78, 5) is 10.3. The molecule has 0 aromatic heterocycles.